The largest absolute Gasteiger partial charge is 0.330 e. The van der Waals surface area contributed by atoms with Crippen molar-refractivity contribution in [1.82, 2.24) is 0 Å². The molecule has 1 aromatic carbocycles. The zero-order chi connectivity index (χ0) is 13.5. The Labute approximate surface area is 112 Å². The van der Waals surface area contributed by atoms with Gasteiger partial charge in [0.15, 0.2) is 0 Å². The van der Waals surface area contributed by atoms with E-state index in [0.717, 1.165) is 36.9 Å². The second-order valence-corrected chi connectivity index (χ2v) is 5.80. The molecule has 102 valence electrons. The fourth-order valence-corrected chi connectivity index (χ4v) is 3.16. The molecule has 2 aliphatic rings. The number of nitrogens with zero attached hydrogens (tertiary/aromatic N) is 1. The van der Waals surface area contributed by atoms with Crippen molar-refractivity contribution in [3.63, 3.8) is 0 Å². The topological polar surface area (TPSA) is 46.3 Å². The maximum absolute atomic E-state index is 13.3. The Hall–Kier alpha value is -1.42. The van der Waals surface area contributed by atoms with E-state index >= 15 is 0 Å². The van der Waals surface area contributed by atoms with E-state index in [0.29, 0.717) is 19.5 Å². The fraction of sp³-hybridized carbons (Fsp3) is 0.533. The van der Waals surface area contributed by atoms with Crippen LogP contribution in [0.2, 0.25) is 0 Å². The van der Waals surface area contributed by atoms with Crippen LogP contribution in [0, 0.1) is 11.2 Å². The lowest BCUT2D eigenvalue weighted by atomic mass is 9.66. The monoisotopic (exact) mass is 262 g/mol. The van der Waals surface area contributed by atoms with Gasteiger partial charge in [-0.2, -0.15) is 0 Å². The minimum atomic E-state index is -0.282. The standard InChI is InChI=1S/C15H19FN2O/c16-12-3-2-11-4-7-18(13(11)8-12)14(19)9-15(10-17)5-1-6-15/h2-3,8H,1,4-7,9-10,17H2. The number of nitrogens with two attached hydrogens (primary N) is 1. The number of hydrogen-bond donors (Lipinski definition) is 1. The van der Waals surface area contributed by atoms with E-state index in [4.69, 9.17) is 5.73 Å². The first-order valence-corrected chi connectivity index (χ1v) is 6.92. The van der Waals surface area contributed by atoms with Gasteiger partial charge >= 0.3 is 0 Å². The number of carbonyl (C=O) groups excluding carboxylic acids is 1. The summed E-state index contributed by atoms with van der Waals surface area (Å²) in [6, 6.07) is 4.70. The first-order chi connectivity index (χ1) is 9.13. The number of fused-ring (bicyclic) bond motifs is 1. The Morgan fingerprint density at radius 3 is 2.84 bits per heavy atom. The number of amides is 1. The van der Waals surface area contributed by atoms with E-state index in [2.05, 4.69) is 0 Å². The third kappa shape index (κ3) is 2.14. The lowest BCUT2D eigenvalue weighted by molar-refractivity contribution is -0.122. The quantitative estimate of drug-likeness (QED) is 0.908. The molecule has 19 heavy (non-hydrogen) atoms. The molecule has 0 spiro atoms. The number of anilines is 1. The molecule has 1 heterocycles. The van der Waals surface area contributed by atoms with Crippen molar-refractivity contribution in [2.75, 3.05) is 18.0 Å². The lowest BCUT2D eigenvalue weighted by Gasteiger charge is -2.41. The molecule has 0 atom stereocenters. The molecule has 1 aliphatic heterocycles. The van der Waals surface area contributed by atoms with Crippen molar-refractivity contribution in [2.24, 2.45) is 11.1 Å². The Morgan fingerprint density at radius 1 is 1.42 bits per heavy atom. The molecule has 0 aromatic heterocycles. The van der Waals surface area contributed by atoms with Gasteiger partial charge in [0.2, 0.25) is 5.91 Å². The van der Waals surface area contributed by atoms with Crippen LogP contribution in [0.4, 0.5) is 10.1 Å². The number of carbonyl (C=O) groups is 1. The molecule has 3 nitrogen and oxygen atoms in total. The van der Waals surface area contributed by atoms with E-state index in [1.165, 1.54) is 12.1 Å². The first-order valence-electron chi connectivity index (χ1n) is 6.92. The number of benzene rings is 1. The van der Waals surface area contributed by atoms with E-state index in [1.54, 1.807) is 11.0 Å². The van der Waals surface area contributed by atoms with E-state index < -0.39 is 0 Å². The lowest BCUT2D eigenvalue weighted by Crippen LogP contribution is -2.43. The second kappa shape index (κ2) is 4.60. The van der Waals surface area contributed by atoms with Gasteiger partial charge in [-0.1, -0.05) is 12.5 Å². The molecule has 1 fully saturated rings. The predicted molar refractivity (Wildman–Crippen MR) is 72.4 cm³/mol. The van der Waals surface area contributed by atoms with Crippen LogP contribution >= 0.6 is 0 Å². The van der Waals surface area contributed by atoms with Crippen LogP contribution < -0.4 is 10.6 Å². The highest BCUT2D eigenvalue weighted by Crippen LogP contribution is 2.44. The summed E-state index contributed by atoms with van der Waals surface area (Å²) in [6.45, 7) is 1.24. The molecule has 0 unspecified atom stereocenters. The van der Waals surface area contributed by atoms with Crippen LogP contribution in [0.5, 0.6) is 0 Å². The molecule has 2 N–H and O–H groups in total. The summed E-state index contributed by atoms with van der Waals surface area (Å²) in [5, 5.41) is 0. The molecule has 1 saturated carbocycles. The maximum Gasteiger partial charge on any atom is 0.227 e. The van der Waals surface area contributed by atoms with Crippen LogP contribution in [0.25, 0.3) is 0 Å². The Bertz CT molecular complexity index is 505. The number of halogens is 1. The molecule has 3 rings (SSSR count). The zero-order valence-corrected chi connectivity index (χ0v) is 11.0. The van der Waals surface area contributed by atoms with Gasteiger partial charge in [-0.25, -0.2) is 4.39 Å². The van der Waals surface area contributed by atoms with E-state index in [9.17, 15) is 9.18 Å². The molecule has 4 heteroatoms. The van der Waals surface area contributed by atoms with E-state index in [1.807, 2.05) is 0 Å². The molecule has 1 aliphatic carbocycles. The summed E-state index contributed by atoms with van der Waals surface area (Å²) in [5.74, 6) is -0.190. The molecular weight excluding hydrogens is 243 g/mol. The van der Waals surface area contributed by atoms with Gasteiger partial charge in [0.05, 0.1) is 0 Å². The van der Waals surface area contributed by atoms with Crippen molar-refractivity contribution >= 4 is 11.6 Å². The summed E-state index contributed by atoms with van der Waals surface area (Å²) in [7, 11) is 0. The van der Waals surface area contributed by atoms with Gasteiger partial charge in [-0.3, -0.25) is 4.79 Å². The van der Waals surface area contributed by atoms with Crippen molar-refractivity contribution in [3.8, 4) is 0 Å². The summed E-state index contributed by atoms with van der Waals surface area (Å²) in [4.78, 5) is 14.2. The van der Waals surface area contributed by atoms with Gasteiger partial charge < -0.3 is 10.6 Å². The Morgan fingerprint density at radius 2 is 2.21 bits per heavy atom. The van der Waals surface area contributed by atoms with Gasteiger partial charge in [0.1, 0.15) is 5.82 Å². The van der Waals surface area contributed by atoms with Crippen LogP contribution in [-0.4, -0.2) is 19.0 Å². The smallest absolute Gasteiger partial charge is 0.227 e. The second-order valence-electron chi connectivity index (χ2n) is 5.80. The van der Waals surface area contributed by atoms with Gasteiger partial charge in [0, 0.05) is 18.7 Å². The minimum absolute atomic E-state index is 0.00710. The first kappa shape index (κ1) is 12.6. The van der Waals surface area contributed by atoms with Crippen molar-refractivity contribution in [2.45, 2.75) is 32.1 Å². The normalized spacial score (nSPS) is 20.0. The van der Waals surface area contributed by atoms with Crippen molar-refractivity contribution in [3.05, 3.63) is 29.6 Å². The van der Waals surface area contributed by atoms with Crippen LogP contribution in [0.3, 0.4) is 0 Å². The summed E-state index contributed by atoms with van der Waals surface area (Å²) >= 11 is 0. The van der Waals surface area contributed by atoms with Crippen molar-refractivity contribution in [1.29, 1.82) is 0 Å². The van der Waals surface area contributed by atoms with Gasteiger partial charge in [-0.15, -0.1) is 0 Å². The number of hydrogen-bond acceptors (Lipinski definition) is 2. The summed E-state index contributed by atoms with van der Waals surface area (Å²) < 4.78 is 13.3. The highest BCUT2D eigenvalue weighted by atomic mass is 19.1. The zero-order valence-electron chi connectivity index (χ0n) is 11.0. The SMILES string of the molecule is NCC1(CC(=O)N2CCc3ccc(F)cc32)CCC1. The Balaban J connectivity index is 1.78. The van der Waals surface area contributed by atoms with Crippen LogP contribution in [0.15, 0.2) is 18.2 Å². The maximum atomic E-state index is 13.3. The third-order valence-electron chi connectivity index (χ3n) is 4.62. The molecular formula is C15H19FN2O. The summed E-state index contributed by atoms with van der Waals surface area (Å²) in [6.07, 6.45) is 4.56. The van der Waals surface area contributed by atoms with Crippen molar-refractivity contribution < 1.29 is 9.18 Å². The average molecular weight is 262 g/mol. The minimum Gasteiger partial charge on any atom is -0.330 e. The highest BCUT2D eigenvalue weighted by Gasteiger charge is 2.39. The summed E-state index contributed by atoms with van der Waals surface area (Å²) in [5.41, 5.74) is 7.62. The molecule has 0 saturated heterocycles. The average Bonchev–Trinajstić information content (AvgIpc) is 2.76. The Kier molecular flexibility index (Phi) is 3.05. The van der Waals surface area contributed by atoms with Gasteiger partial charge in [-0.05, 0) is 48.9 Å². The third-order valence-corrected chi connectivity index (χ3v) is 4.62. The van der Waals surface area contributed by atoms with Gasteiger partial charge in [0.25, 0.3) is 0 Å². The molecule has 0 bridgehead atoms. The number of rotatable bonds is 3. The van der Waals surface area contributed by atoms with Crippen LogP contribution in [-0.2, 0) is 11.2 Å². The molecule has 1 amide bonds. The van der Waals surface area contributed by atoms with E-state index in [-0.39, 0.29) is 17.1 Å². The van der Waals surface area contributed by atoms with Crippen LogP contribution in [0.1, 0.15) is 31.2 Å². The predicted octanol–water partition coefficient (Wildman–Crippen LogP) is 2.23. The highest BCUT2D eigenvalue weighted by molar-refractivity contribution is 5.95. The molecule has 1 aromatic rings. The molecule has 0 radical (unpaired) electrons. The fourth-order valence-electron chi connectivity index (χ4n) is 3.16.